The molecular formula is C17H22FNS. The van der Waals surface area contributed by atoms with Crippen LogP contribution >= 0.6 is 11.3 Å². The second-order valence-electron chi connectivity index (χ2n) is 5.30. The number of hydrogen-bond donors (Lipinski definition) is 1. The number of hydrogen-bond acceptors (Lipinski definition) is 2. The highest BCUT2D eigenvalue weighted by molar-refractivity contribution is 7.12. The molecule has 1 aromatic heterocycles. The van der Waals surface area contributed by atoms with E-state index in [0.717, 1.165) is 29.7 Å². The summed E-state index contributed by atoms with van der Waals surface area (Å²) in [6, 6.07) is 8.40. The Morgan fingerprint density at radius 2 is 1.80 bits per heavy atom. The minimum absolute atomic E-state index is 0.0923. The van der Waals surface area contributed by atoms with Gasteiger partial charge in [0.25, 0.3) is 0 Å². The first-order valence-corrected chi connectivity index (χ1v) is 7.91. The number of aryl methyl sites for hydroxylation is 3. The van der Waals surface area contributed by atoms with Crippen molar-refractivity contribution in [1.82, 2.24) is 5.32 Å². The fourth-order valence-corrected chi connectivity index (χ4v) is 3.41. The van der Waals surface area contributed by atoms with Gasteiger partial charge in [0.05, 0.1) is 6.04 Å². The molecule has 0 aliphatic heterocycles. The van der Waals surface area contributed by atoms with Crippen LogP contribution in [0.1, 0.15) is 45.8 Å². The van der Waals surface area contributed by atoms with Crippen molar-refractivity contribution in [3.8, 4) is 0 Å². The summed E-state index contributed by atoms with van der Waals surface area (Å²) in [6.07, 6.45) is 1.08. The average Bonchev–Trinajstić information content (AvgIpc) is 2.83. The maximum atomic E-state index is 13.8. The Morgan fingerprint density at radius 3 is 2.30 bits per heavy atom. The highest BCUT2D eigenvalue weighted by Crippen LogP contribution is 2.30. The summed E-state index contributed by atoms with van der Waals surface area (Å²) in [4.78, 5) is 2.60. The fourth-order valence-electron chi connectivity index (χ4n) is 2.43. The van der Waals surface area contributed by atoms with Crippen molar-refractivity contribution >= 4 is 11.3 Å². The monoisotopic (exact) mass is 291 g/mol. The van der Waals surface area contributed by atoms with Crippen LogP contribution in [0.5, 0.6) is 0 Å². The van der Waals surface area contributed by atoms with E-state index in [0.29, 0.717) is 0 Å². The Balaban J connectivity index is 2.40. The third-order valence-electron chi connectivity index (χ3n) is 3.44. The average molecular weight is 291 g/mol. The molecule has 0 aliphatic rings. The van der Waals surface area contributed by atoms with E-state index in [-0.39, 0.29) is 11.9 Å². The molecule has 0 saturated heterocycles. The van der Waals surface area contributed by atoms with E-state index >= 15 is 0 Å². The molecule has 108 valence electrons. The first-order valence-electron chi connectivity index (χ1n) is 7.09. The van der Waals surface area contributed by atoms with Gasteiger partial charge in [-0.3, -0.25) is 0 Å². The second-order valence-corrected chi connectivity index (χ2v) is 6.62. The lowest BCUT2D eigenvalue weighted by Crippen LogP contribution is -2.22. The van der Waals surface area contributed by atoms with Gasteiger partial charge in [0.15, 0.2) is 0 Å². The molecule has 2 rings (SSSR count). The smallest absolute Gasteiger partial charge is 0.129 e. The van der Waals surface area contributed by atoms with Gasteiger partial charge < -0.3 is 5.32 Å². The summed E-state index contributed by atoms with van der Waals surface area (Å²) < 4.78 is 13.8. The van der Waals surface area contributed by atoms with Gasteiger partial charge in [-0.1, -0.05) is 19.1 Å². The van der Waals surface area contributed by atoms with Crippen LogP contribution in [0.3, 0.4) is 0 Å². The molecule has 1 atom stereocenters. The minimum atomic E-state index is -0.0923. The van der Waals surface area contributed by atoms with Gasteiger partial charge in [-0.15, -0.1) is 11.3 Å². The molecule has 1 unspecified atom stereocenters. The first kappa shape index (κ1) is 15.2. The maximum absolute atomic E-state index is 13.8. The van der Waals surface area contributed by atoms with E-state index < -0.39 is 0 Å². The van der Waals surface area contributed by atoms with Gasteiger partial charge in [-0.25, -0.2) is 4.39 Å². The van der Waals surface area contributed by atoms with E-state index in [2.05, 4.69) is 31.3 Å². The van der Waals surface area contributed by atoms with Crippen molar-refractivity contribution in [3.05, 3.63) is 56.5 Å². The molecule has 0 aliphatic carbocycles. The third kappa shape index (κ3) is 3.28. The minimum Gasteiger partial charge on any atom is -0.306 e. The zero-order valence-electron chi connectivity index (χ0n) is 12.6. The number of rotatable bonds is 5. The molecule has 1 aromatic carbocycles. The first-order chi connectivity index (χ1) is 9.52. The molecule has 1 nitrogen and oxygen atoms in total. The summed E-state index contributed by atoms with van der Waals surface area (Å²) in [5.74, 6) is -0.0923. The molecule has 2 aromatic rings. The molecule has 0 saturated carbocycles. The molecule has 0 spiro atoms. The predicted octanol–water partition coefficient (Wildman–Crippen LogP) is 4.90. The number of thiophene rings is 1. The normalized spacial score (nSPS) is 12.7. The lowest BCUT2D eigenvalue weighted by Gasteiger charge is -2.19. The van der Waals surface area contributed by atoms with Crippen LogP contribution in [0.25, 0.3) is 0 Å². The number of nitrogens with one attached hydrogen (secondary N) is 1. The molecule has 1 N–H and O–H groups in total. The Morgan fingerprint density at radius 1 is 1.15 bits per heavy atom. The van der Waals surface area contributed by atoms with Crippen LogP contribution in [0.4, 0.5) is 4.39 Å². The van der Waals surface area contributed by atoms with Crippen LogP contribution in [-0.2, 0) is 0 Å². The molecular weight excluding hydrogens is 269 g/mol. The standard InChI is InChI=1S/C17H22FNS/c1-5-8-19-17(15-7-6-13(4)20-15)14-9-11(2)16(18)12(3)10-14/h6-7,9-10,17,19H,5,8H2,1-4H3. The Hall–Kier alpha value is -1.19. The predicted molar refractivity (Wildman–Crippen MR) is 85.1 cm³/mol. The van der Waals surface area contributed by atoms with E-state index in [9.17, 15) is 4.39 Å². The second kappa shape index (κ2) is 6.51. The zero-order chi connectivity index (χ0) is 14.7. The van der Waals surface area contributed by atoms with E-state index in [1.165, 1.54) is 9.75 Å². The van der Waals surface area contributed by atoms with E-state index in [1.54, 1.807) is 11.3 Å². The topological polar surface area (TPSA) is 12.0 Å². The summed E-state index contributed by atoms with van der Waals surface area (Å²) in [5, 5.41) is 3.58. The largest absolute Gasteiger partial charge is 0.306 e. The number of halogens is 1. The Labute approximate surface area is 124 Å². The zero-order valence-corrected chi connectivity index (χ0v) is 13.4. The van der Waals surface area contributed by atoms with Gasteiger partial charge in [0, 0.05) is 9.75 Å². The summed E-state index contributed by atoms with van der Waals surface area (Å²) in [5.41, 5.74) is 2.59. The van der Waals surface area contributed by atoms with Crippen molar-refractivity contribution in [1.29, 1.82) is 0 Å². The maximum Gasteiger partial charge on any atom is 0.129 e. The Kier molecular flexibility index (Phi) is 4.95. The molecule has 0 radical (unpaired) electrons. The highest BCUT2D eigenvalue weighted by atomic mass is 32.1. The van der Waals surface area contributed by atoms with Crippen LogP contribution in [0.15, 0.2) is 24.3 Å². The Bertz CT molecular complexity index is 565. The van der Waals surface area contributed by atoms with Gasteiger partial charge in [-0.2, -0.15) is 0 Å². The number of benzene rings is 1. The summed E-state index contributed by atoms with van der Waals surface area (Å²) in [6.45, 7) is 8.90. The molecule has 20 heavy (non-hydrogen) atoms. The van der Waals surface area contributed by atoms with Crippen LogP contribution in [0, 0.1) is 26.6 Å². The van der Waals surface area contributed by atoms with Crippen LogP contribution < -0.4 is 5.32 Å². The molecule has 0 amide bonds. The fraction of sp³-hybridized carbons (Fsp3) is 0.412. The summed E-state index contributed by atoms with van der Waals surface area (Å²) in [7, 11) is 0. The highest BCUT2D eigenvalue weighted by Gasteiger charge is 2.17. The lowest BCUT2D eigenvalue weighted by molar-refractivity contribution is 0.590. The van der Waals surface area contributed by atoms with Crippen molar-refractivity contribution < 1.29 is 4.39 Å². The SMILES string of the molecule is CCCNC(c1cc(C)c(F)c(C)c1)c1ccc(C)s1. The van der Waals surface area contributed by atoms with Crippen LogP contribution in [-0.4, -0.2) is 6.54 Å². The quantitative estimate of drug-likeness (QED) is 0.826. The van der Waals surface area contributed by atoms with Crippen molar-refractivity contribution in [2.24, 2.45) is 0 Å². The third-order valence-corrected chi connectivity index (χ3v) is 4.50. The van der Waals surface area contributed by atoms with Crippen molar-refractivity contribution in [2.45, 2.75) is 40.2 Å². The van der Waals surface area contributed by atoms with E-state index in [1.807, 2.05) is 26.0 Å². The molecule has 0 fully saturated rings. The van der Waals surface area contributed by atoms with Gasteiger partial charge in [0.2, 0.25) is 0 Å². The lowest BCUT2D eigenvalue weighted by atomic mass is 9.99. The van der Waals surface area contributed by atoms with Crippen molar-refractivity contribution in [2.75, 3.05) is 6.54 Å². The molecule has 0 bridgehead atoms. The van der Waals surface area contributed by atoms with Crippen LogP contribution in [0.2, 0.25) is 0 Å². The van der Waals surface area contributed by atoms with E-state index in [4.69, 9.17) is 0 Å². The van der Waals surface area contributed by atoms with Gasteiger partial charge in [-0.05, 0) is 62.6 Å². The molecule has 3 heteroatoms. The van der Waals surface area contributed by atoms with Crippen molar-refractivity contribution in [3.63, 3.8) is 0 Å². The molecule has 1 heterocycles. The van der Waals surface area contributed by atoms with Gasteiger partial charge >= 0.3 is 0 Å². The van der Waals surface area contributed by atoms with Gasteiger partial charge in [0.1, 0.15) is 5.82 Å². The summed E-state index contributed by atoms with van der Waals surface area (Å²) >= 11 is 1.80.